The third-order valence-corrected chi connectivity index (χ3v) is 10.7. The number of aryl methyl sites for hydroxylation is 2. The first-order valence-corrected chi connectivity index (χ1v) is 16.0. The Labute approximate surface area is 226 Å². The van der Waals surface area contributed by atoms with Gasteiger partial charge in [-0.15, -0.1) is 0 Å². The maximum absolute atomic E-state index is 12.3. The van der Waals surface area contributed by atoms with Crippen LogP contribution in [0.2, 0.25) is 0 Å². The van der Waals surface area contributed by atoms with Crippen molar-refractivity contribution in [1.29, 1.82) is 0 Å². The highest BCUT2D eigenvalue weighted by atomic mass is 32.2. The number of hydrogen-bond acceptors (Lipinski definition) is 7. The van der Waals surface area contributed by atoms with E-state index in [0.29, 0.717) is 0 Å². The van der Waals surface area contributed by atoms with E-state index in [1.54, 1.807) is 13.8 Å². The highest BCUT2D eigenvalue weighted by molar-refractivity contribution is 7.99. The maximum Gasteiger partial charge on any atom is 0.214 e. The van der Waals surface area contributed by atoms with E-state index >= 15 is 0 Å². The van der Waals surface area contributed by atoms with Gasteiger partial charge in [0.2, 0.25) is 10.0 Å². The zero-order valence-electron chi connectivity index (χ0n) is 22.5. The van der Waals surface area contributed by atoms with Gasteiger partial charge in [-0.1, -0.05) is 25.6 Å². The van der Waals surface area contributed by atoms with E-state index in [-0.39, 0.29) is 6.04 Å². The SMILES string of the molecule is CCc1cc(N2CCOCC2)cc2c1Nc1c(CC)cc(N3CCC(NS(=O)(=O)C(C)C)CC3)cc1S2. The van der Waals surface area contributed by atoms with Crippen molar-refractivity contribution < 1.29 is 13.2 Å². The molecule has 0 amide bonds. The number of hydrogen-bond donors (Lipinski definition) is 2. The summed E-state index contributed by atoms with van der Waals surface area (Å²) in [5, 5.41) is 3.42. The van der Waals surface area contributed by atoms with Gasteiger partial charge in [0.1, 0.15) is 0 Å². The van der Waals surface area contributed by atoms with Gasteiger partial charge < -0.3 is 19.9 Å². The van der Waals surface area contributed by atoms with Crippen LogP contribution in [-0.4, -0.2) is 59.1 Å². The number of fused-ring (bicyclic) bond motifs is 2. The first-order chi connectivity index (χ1) is 17.8. The lowest BCUT2D eigenvalue weighted by molar-refractivity contribution is 0.122. The molecule has 0 spiro atoms. The minimum absolute atomic E-state index is 0.0147. The summed E-state index contributed by atoms with van der Waals surface area (Å²) in [5.74, 6) is 0. The molecular weight excluding hydrogens is 504 g/mol. The number of benzene rings is 2. The van der Waals surface area contributed by atoms with Crippen molar-refractivity contribution in [2.75, 3.05) is 54.5 Å². The molecule has 0 atom stereocenters. The Morgan fingerprint density at radius 3 is 1.92 bits per heavy atom. The highest BCUT2D eigenvalue weighted by Crippen LogP contribution is 2.50. The van der Waals surface area contributed by atoms with Crippen LogP contribution in [0.5, 0.6) is 0 Å². The molecule has 0 bridgehead atoms. The third kappa shape index (κ3) is 5.60. The van der Waals surface area contributed by atoms with E-state index in [9.17, 15) is 8.42 Å². The number of anilines is 4. The lowest BCUT2D eigenvalue weighted by atomic mass is 10.0. The summed E-state index contributed by atoms with van der Waals surface area (Å²) in [6, 6.07) is 9.34. The Hall–Kier alpha value is -1.94. The fourth-order valence-electron chi connectivity index (χ4n) is 5.37. The Kier molecular flexibility index (Phi) is 7.96. The van der Waals surface area contributed by atoms with Crippen LogP contribution in [-0.2, 0) is 27.6 Å². The van der Waals surface area contributed by atoms with E-state index in [0.717, 1.165) is 65.1 Å². The van der Waals surface area contributed by atoms with E-state index in [1.165, 1.54) is 43.7 Å². The molecule has 2 aromatic carbocycles. The van der Waals surface area contributed by atoms with Gasteiger partial charge >= 0.3 is 0 Å². The van der Waals surface area contributed by atoms with Crippen LogP contribution in [0, 0.1) is 0 Å². The smallest absolute Gasteiger partial charge is 0.214 e. The number of rotatable bonds is 7. The topological polar surface area (TPSA) is 73.9 Å². The van der Waals surface area contributed by atoms with Gasteiger partial charge in [-0.05, 0) is 74.9 Å². The molecule has 3 heterocycles. The summed E-state index contributed by atoms with van der Waals surface area (Å²) in [4.78, 5) is 7.40. The number of nitrogens with zero attached hydrogens (tertiary/aromatic N) is 2. The van der Waals surface area contributed by atoms with Crippen molar-refractivity contribution in [1.82, 2.24) is 4.72 Å². The van der Waals surface area contributed by atoms with Crippen molar-refractivity contribution in [3.63, 3.8) is 0 Å². The van der Waals surface area contributed by atoms with Crippen LogP contribution < -0.4 is 19.8 Å². The summed E-state index contributed by atoms with van der Waals surface area (Å²) < 4.78 is 33.1. The van der Waals surface area contributed by atoms with Gasteiger partial charge in [0.05, 0.1) is 29.8 Å². The minimum atomic E-state index is -3.24. The van der Waals surface area contributed by atoms with Gasteiger partial charge in [-0.3, -0.25) is 0 Å². The average molecular weight is 545 g/mol. The molecule has 0 unspecified atom stereocenters. The van der Waals surface area contributed by atoms with Gasteiger partial charge in [0.25, 0.3) is 0 Å². The molecule has 3 aliphatic rings. The molecule has 0 radical (unpaired) electrons. The number of ether oxygens (including phenoxy) is 1. The second-order valence-corrected chi connectivity index (χ2v) is 13.8. The van der Waals surface area contributed by atoms with Crippen LogP contribution >= 0.6 is 11.8 Å². The van der Waals surface area contributed by atoms with Gasteiger partial charge in [0.15, 0.2) is 0 Å². The largest absolute Gasteiger partial charge is 0.378 e. The first-order valence-electron chi connectivity index (χ1n) is 13.7. The van der Waals surface area contributed by atoms with Crippen molar-refractivity contribution in [3.05, 3.63) is 35.4 Å². The summed E-state index contributed by atoms with van der Waals surface area (Å²) in [5.41, 5.74) is 7.68. The number of sulfonamides is 1. The summed E-state index contributed by atoms with van der Waals surface area (Å²) in [6.07, 6.45) is 3.58. The monoisotopic (exact) mass is 544 g/mol. The van der Waals surface area contributed by atoms with E-state index in [2.05, 4.69) is 58.0 Å². The summed E-state index contributed by atoms with van der Waals surface area (Å²) in [6.45, 7) is 13.0. The fourth-order valence-corrected chi connectivity index (χ4v) is 7.51. The quantitative estimate of drug-likeness (QED) is 0.426. The average Bonchev–Trinajstić information content (AvgIpc) is 2.91. The van der Waals surface area contributed by atoms with Crippen molar-refractivity contribution in [2.24, 2.45) is 0 Å². The van der Waals surface area contributed by atoms with Crippen LogP contribution in [0.4, 0.5) is 22.7 Å². The zero-order chi connectivity index (χ0) is 26.2. The van der Waals surface area contributed by atoms with Crippen LogP contribution in [0.3, 0.4) is 0 Å². The third-order valence-electron chi connectivity index (χ3n) is 7.76. The molecule has 7 nitrogen and oxygen atoms in total. The fraction of sp³-hybridized carbons (Fsp3) is 0.571. The molecule has 0 aliphatic carbocycles. The Balaban J connectivity index is 1.38. The Morgan fingerprint density at radius 2 is 1.43 bits per heavy atom. The molecule has 202 valence electrons. The molecule has 2 N–H and O–H groups in total. The predicted octanol–water partition coefficient (Wildman–Crippen LogP) is 5.15. The van der Waals surface area contributed by atoms with Gasteiger partial charge in [-0.25, -0.2) is 13.1 Å². The second kappa shape index (κ2) is 11.0. The molecule has 9 heteroatoms. The normalized spacial score (nSPS) is 18.5. The standard InChI is InChI=1S/C28H40N4O3S2/c1-5-20-15-23(31-9-7-22(8-10-31)30-37(33,34)19(3)4)17-25-27(20)29-28-21(6-2)16-24(18-26(28)36-25)32-11-13-35-14-12-32/h15-19,22,29-30H,5-14H2,1-4H3. The van der Waals surface area contributed by atoms with Crippen LogP contribution in [0.1, 0.15) is 51.7 Å². The Morgan fingerprint density at radius 1 is 0.919 bits per heavy atom. The van der Waals surface area contributed by atoms with E-state index < -0.39 is 15.3 Å². The Bertz CT molecular complexity index is 1230. The minimum Gasteiger partial charge on any atom is -0.378 e. The van der Waals surface area contributed by atoms with Crippen molar-refractivity contribution in [3.8, 4) is 0 Å². The van der Waals surface area contributed by atoms with Crippen LogP contribution in [0.15, 0.2) is 34.1 Å². The lowest BCUT2D eigenvalue weighted by Gasteiger charge is -2.36. The molecular formula is C28H40N4O3S2. The summed E-state index contributed by atoms with van der Waals surface area (Å²) in [7, 11) is -3.24. The molecule has 2 fully saturated rings. The molecule has 0 aromatic heterocycles. The molecule has 2 aromatic rings. The lowest BCUT2D eigenvalue weighted by Crippen LogP contribution is -2.46. The maximum atomic E-state index is 12.3. The predicted molar refractivity (Wildman–Crippen MR) is 155 cm³/mol. The molecule has 37 heavy (non-hydrogen) atoms. The van der Waals surface area contributed by atoms with Crippen molar-refractivity contribution in [2.45, 2.75) is 74.5 Å². The second-order valence-electron chi connectivity index (χ2n) is 10.5. The van der Waals surface area contributed by atoms with Gasteiger partial charge in [0, 0.05) is 53.4 Å². The van der Waals surface area contributed by atoms with Crippen molar-refractivity contribution >= 4 is 44.5 Å². The number of nitrogens with one attached hydrogen (secondary N) is 2. The zero-order valence-corrected chi connectivity index (χ0v) is 24.1. The highest BCUT2D eigenvalue weighted by Gasteiger charge is 2.28. The summed E-state index contributed by atoms with van der Waals surface area (Å²) >= 11 is 1.87. The van der Waals surface area contributed by atoms with E-state index in [4.69, 9.17) is 4.74 Å². The number of morpholine rings is 1. The van der Waals surface area contributed by atoms with Gasteiger partial charge in [-0.2, -0.15) is 0 Å². The first kappa shape index (κ1) is 26.7. The van der Waals surface area contributed by atoms with E-state index in [1.807, 2.05) is 11.8 Å². The molecule has 3 aliphatic heterocycles. The van der Waals surface area contributed by atoms with Crippen LogP contribution in [0.25, 0.3) is 0 Å². The molecule has 5 rings (SSSR count). The molecule has 0 saturated carbocycles. The number of piperidine rings is 1. The molecule has 2 saturated heterocycles.